The maximum atomic E-state index is 12.7. The molecular formula is C15H18N4O. The fourth-order valence-corrected chi connectivity index (χ4v) is 2.48. The Balaban J connectivity index is 1.88. The zero-order chi connectivity index (χ0) is 14.1. The second kappa shape index (κ2) is 5.07. The number of carbonyl (C=O) groups is 1. The molecule has 2 aromatic rings. The van der Waals surface area contributed by atoms with Gasteiger partial charge in [-0.25, -0.2) is 0 Å². The van der Waals surface area contributed by atoms with Crippen LogP contribution in [0.25, 0.3) is 0 Å². The highest BCUT2D eigenvalue weighted by Gasteiger charge is 2.37. The third-order valence-electron chi connectivity index (χ3n) is 3.71. The normalized spacial score (nSPS) is 15.9. The molecular weight excluding hydrogens is 252 g/mol. The van der Waals surface area contributed by atoms with Crippen LogP contribution < -0.4 is 0 Å². The molecule has 1 atom stereocenters. The van der Waals surface area contributed by atoms with E-state index in [4.69, 9.17) is 0 Å². The largest absolute Gasteiger partial charge is 0.329 e. The van der Waals surface area contributed by atoms with E-state index in [1.54, 1.807) is 23.3 Å². The smallest absolute Gasteiger partial charge is 0.257 e. The molecule has 2 aromatic heterocycles. The summed E-state index contributed by atoms with van der Waals surface area (Å²) in [5.74, 6) is 0.0527. The van der Waals surface area contributed by atoms with Gasteiger partial charge in [-0.05, 0) is 31.4 Å². The number of aromatic nitrogens is 3. The van der Waals surface area contributed by atoms with Gasteiger partial charge in [0.1, 0.15) is 0 Å². The highest BCUT2D eigenvalue weighted by atomic mass is 16.2. The lowest BCUT2D eigenvalue weighted by molar-refractivity contribution is 0.0673. The predicted molar refractivity (Wildman–Crippen MR) is 75.1 cm³/mol. The van der Waals surface area contributed by atoms with E-state index >= 15 is 0 Å². The van der Waals surface area contributed by atoms with Gasteiger partial charge >= 0.3 is 0 Å². The maximum absolute atomic E-state index is 12.7. The van der Waals surface area contributed by atoms with Crippen LogP contribution in [0, 0.1) is 0 Å². The average Bonchev–Trinajstić information content (AvgIpc) is 3.20. The fourth-order valence-electron chi connectivity index (χ4n) is 2.48. The molecule has 1 unspecified atom stereocenters. The van der Waals surface area contributed by atoms with Crippen LogP contribution in [0.15, 0.2) is 36.9 Å². The molecule has 3 rings (SSSR count). The third kappa shape index (κ3) is 2.43. The van der Waals surface area contributed by atoms with Gasteiger partial charge < -0.3 is 4.90 Å². The van der Waals surface area contributed by atoms with E-state index < -0.39 is 0 Å². The van der Waals surface area contributed by atoms with Gasteiger partial charge in [-0.3, -0.25) is 14.5 Å². The van der Waals surface area contributed by atoms with Crippen molar-refractivity contribution in [1.82, 2.24) is 19.7 Å². The van der Waals surface area contributed by atoms with E-state index in [1.165, 1.54) is 0 Å². The van der Waals surface area contributed by atoms with Gasteiger partial charge in [-0.2, -0.15) is 5.10 Å². The topological polar surface area (TPSA) is 51.0 Å². The molecule has 20 heavy (non-hydrogen) atoms. The van der Waals surface area contributed by atoms with Crippen molar-refractivity contribution in [3.63, 3.8) is 0 Å². The van der Waals surface area contributed by atoms with E-state index in [1.807, 2.05) is 30.3 Å². The van der Waals surface area contributed by atoms with Crippen LogP contribution in [0.5, 0.6) is 0 Å². The number of nitrogens with zero attached hydrogens (tertiary/aromatic N) is 4. The quantitative estimate of drug-likeness (QED) is 0.855. The Bertz CT molecular complexity index is 603. The molecule has 1 aliphatic carbocycles. The summed E-state index contributed by atoms with van der Waals surface area (Å²) in [6.45, 7) is 2.06. The molecule has 0 saturated heterocycles. The lowest BCUT2D eigenvalue weighted by Crippen LogP contribution is -2.35. The Hall–Kier alpha value is -2.17. The summed E-state index contributed by atoms with van der Waals surface area (Å²) in [7, 11) is 1.82. The minimum Gasteiger partial charge on any atom is -0.329 e. The van der Waals surface area contributed by atoms with Crippen LogP contribution in [-0.4, -0.2) is 31.6 Å². The Morgan fingerprint density at radius 3 is 2.80 bits per heavy atom. The number of pyridine rings is 1. The van der Waals surface area contributed by atoms with E-state index in [0.717, 1.165) is 18.4 Å². The summed E-state index contributed by atoms with van der Waals surface area (Å²) in [6, 6.07) is 4.30. The summed E-state index contributed by atoms with van der Waals surface area (Å²) in [5.41, 5.74) is 1.71. The van der Waals surface area contributed by atoms with Crippen molar-refractivity contribution < 1.29 is 4.79 Å². The first kappa shape index (κ1) is 12.8. The second-order valence-corrected chi connectivity index (χ2v) is 5.31. The molecule has 104 valence electrons. The lowest BCUT2D eigenvalue weighted by Gasteiger charge is -2.29. The third-order valence-corrected chi connectivity index (χ3v) is 3.71. The molecule has 1 aliphatic rings. The Morgan fingerprint density at radius 1 is 1.45 bits per heavy atom. The number of rotatable bonds is 4. The number of aryl methyl sites for hydroxylation is 1. The molecule has 0 radical (unpaired) electrons. The summed E-state index contributed by atoms with van der Waals surface area (Å²) < 4.78 is 1.66. The molecule has 1 amide bonds. The van der Waals surface area contributed by atoms with E-state index in [0.29, 0.717) is 11.6 Å². The lowest BCUT2D eigenvalue weighted by atomic mass is 10.1. The van der Waals surface area contributed by atoms with Gasteiger partial charge in [-0.1, -0.05) is 6.07 Å². The van der Waals surface area contributed by atoms with Gasteiger partial charge in [0.2, 0.25) is 0 Å². The van der Waals surface area contributed by atoms with Gasteiger partial charge in [0, 0.05) is 31.7 Å². The van der Waals surface area contributed by atoms with Crippen LogP contribution in [0.1, 0.15) is 41.7 Å². The molecule has 1 saturated carbocycles. The molecule has 0 spiro atoms. The van der Waals surface area contributed by atoms with Gasteiger partial charge in [-0.15, -0.1) is 0 Å². The standard InChI is InChI=1S/C15H18N4O/c1-11(12-4-3-7-16-8-12)19(14-5-6-14)15(20)13-9-17-18(2)10-13/h3-4,7-11,14H,5-6H2,1-2H3. The number of carbonyl (C=O) groups excluding carboxylic acids is 1. The zero-order valence-corrected chi connectivity index (χ0v) is 11.7. The summed E-state index contributed by atoms with van der Waals surface area (Å²) in [4.78, 5) is 18.8. The SMILES string of the molecule is CC(c1cccnc1)N(C(=O)c1cnn(C)c1)C1CC1. The van der Waals surface area contributed by atoms with Crippen LogP contribution in [-0.2, 0) is 7.05 Å². The minimum atomic E-state index is 0.0314. The second-order valence-electron chi connectivity index (χ2n) is 5.31. The monoisotopic (exact) mass is 270 g/mol. The first-order valence-electron chi connectivity index (χ1n) is 6.88. The van der Waals surface area contributed by atoms with E-state index in [-0.39, 0.29) is 11.9 Å². The zero-order valence-electron chi connectivity index (χ0n) is 11.7. The summed E-state index contributed by atoms with van der Waals surface area (Å²) in [5, 5.41) is 4.09. The molecule has 1 fully saturated rings. The highest BCUT2D eigenvalue weighted by molar-refractivity contribution is 5.94. The van der Waals surface area contributed by atoms with Crippen LogP contribution >= 0.6 is 0 Å². The maximum Gasteiger partial charge on any atom is 0.257 e. The van der Waals surface area contributed by atoms with Crippen LogP contribution in [0.4, 0.5) is 0 Å². The van der Waals surface area contributed by atoms with Crippen LogP contribution in [0.3, 0.4) is 0 Å². The van der Waals surface area contributed by atoms with Crippen molar-refractivity contribution in [2.75, 3.05) is 0 Å². The van der Waals surface area contributed by atoms with Crippen molar-refractivity contribution in [2.45, 2.75) is 31.8 Å². The summed E-state index contributed by atoms with van der Waals surface area (Å²) in [6.07, 6.45) is 9.14. The first-order valence-corrected chi connectivity index (χ1v) is 6.88. The molecule has 0 aliphatic heterocycles. The Labute approximate surface area is 118 Å². The van der Waals surface area contributed by atoms with Crippen LogP contribution in [0.2, 0.25) is 0 Å². The van der Waals surface area contributed by atoms with Crippen molar-refractivity contribution in [1.29, 1.82) is 0 Å². The van der Waals surface area contributed by atoms with Crippen molar-refractivity contribution >= 4 is 5.91 Å². The molecule has 5 heteroatoms. The molecule has 2 heterocycles. The van der Waals surface area contributed by atoms with Gasteiger partial charge in [0.25, 0.3) is 5.91 Å². The molecule has 0 bridgehead atoms. The first-order chi connectivity index (χ1) is 9.66. The van der Waals surface area contributed by atoms with Gasteiger partial charge in [0.15, 0.2) is 0 Å². The van der Waals surface area contributed by atoms with Gasteiger partial charge in [0.05, 0.1) is 17.8 Å². The predicted octanol–water partition coefficient (Wildman–Crippen LogP) is 2.18. The molecule has 0 N–H and O–H groups in total. The number of hydrogen-bond donors (Lipinski definition) is 0. The van der Waals surface area contributed by atoms with E-state index in [2.05, 4.69) is 17.0 Å². The minimum absolute atomic E-state index is 0.0314. The Morgan fingerprint density at radius 2 is 2.25 bits per heavy atom. The summed E-state index contributed by atoms with van der Waals surface area (Å²) >= 11 is 0. The van der Waals surface area contributed by atoms with Crippen molar-refractivity contribution in [2.24, 2.45) is 7.05 Å². The van der Waals surface area contributed by atoms with E-state index in [9.17, 15) is 4.79 Å². The highest BCUT2D eigenvalue weighted by Crippen LogP contribution is 2.35. The Kier molecular flexibility index (Phi) is 3.26. The van der Waals surface area contributed by atoms with Crippen molar-refractivity contribution in [3.8, 4) is 0 Å². The number of hydrogen-bond acceptors (Lipinski definition) is 3. The molecule has 5 nitrogen and oxygen atoms in total. The van der Waals surface area contributed by atoms with Crippen molar-refractivity contribution in [3.05, 3.63) is 48.0 Å². The average molecular weight is 270 g/mol. The molecule has 0 aromatic carbocycles. The fraction of sp³-hybridized carbons (Fsp3) is 0.400. The number of amides is 1.